The fourth-order valence-electron chi connectivity index (χ4n) is 0.0680. The lowest BCUT2D eigenvalue weighted by Crippen LogP contribution is -2.01. The molecule has 0 fully saturated rings. The molecule has 0 aliphatic rings. The van der Waals surface area contributed by atoms with Crippen molar-refractivity contribution in [2.45, 2.75) is 20.8 Å². The Hall–Kier alpha value is -0.500. The fourth-order valence-corrected chi connectivity index (χ4v) is 0.0680. The summed E-state index contributed by atoms with van der Waals surface area (Å²) in [7, 11) is 0. The first-order valence-electron chi connectivity index (χ1n) is 2.88. The summed E-state index contributed by atoms with van der Waals surface area (Å²) in [5.41, 5.74) is 11.2. The van der Waals surface area contributed by atoms with Crippen LogP contribution in [0, 0.1) is 0 Å². The Morgan fingerprint density at radius 3 is 1.88 bits per heavy atom. The van der Waals surface area contributed by atoms with Gasteiger partial charge < -0.3 is 11.5 Å². The van der Waals surface area contributed by atoms with Gasteiger partial charge in [0.15, 0.2) is 0 Å². The van der Waals surface area contributed by atoms with Crippen LogP contribution in [-0.4, -0.2) is 6.54 Å². The lowest BCUT2D eigenvalue weighted by atomic mass is 10.3. The zero-order valence-electron chi connectivity index (χ0n) is 5.94. The van der Waals surface area contributed by atoms with Gasteiger partial charge in [0.1, 0.15) is 0 Å². The van der Waals surface area contributed by atoms with Crippen LogP contribution in [0.25, 0.3) is 0 Å². The molecule has 4 N–H and O–H groups in total. The van der Waals surface area contributed by atoms with Gasteiger partial charge in [0.25, 0.3) is 0 Å². The van der Waals surface area contributed by atoms with Crippen LogP contribution in [0.4, 0.5) is 0 Å². The highest BCUT2D eigenvalue weighted by atomic mass is 14.6. The van der Waals surface area contributed by atoms with E-state index in [1.54, 1.807) is 0 Å². The van der Waals surface area contributed by atoms with E-state index in [1.807, 2.05) is 20.8 Å². The average molecular weight is 116 g/mol. The van der Waals surface area contributed by atoms with Crippen LogP contribution in [0.15, 0.2) is 11.8 Å². The minimum absolute atomic E-state index is 0.566. The van der Waals surface area contributed by atoms with Gasteiger partial charge in [-0.3, -0.25) is 0 Å². The first-order valence-corrected chi connectivity index (χ1v) is 2.88. The van der Waals surface area contributed by atoms with Crippen LogP contribution >= 0.6 is 0 Å². The highest BCUT2D eigenvalue weighted by Gasteiger charge is 1.73. The summed E-state index contributed by atoms with van der Waals surface area (Å²) >= 11 is 0. The molecule has 0 bridgehead atoms. The third-order valence-corrected chi connectivity index (χ3v) is 0.606. The summed E-state index contributed by atoms with van der Waals surface area (Å²) in [6.45, 7) is 6.45. The molecule has 0 rings (SSSR count). The lowest BCUT2D eigenvalue weighted by molar-refractivity contribution is 1.12. The van der Waals surface area contributed by atoms with Gasteiger partial charge in [-0.2, -0.15) is 0 Å². The second-order valence-corrected chi connectivity index (χ2v) is 1.22. The van der Waals surface area contributed by atoms with E-state index in [0.717, 1.165) is 5.57 Å². The molecule has 0 aliphatic carbocycles. The molecule has 50 valence electrons. The highest BCUT2D eigenvalue weighted by molar-refractivity contribution is 4.95. The van der Waals surface area contributed by atoms with Crippen LogP contribution in [0.2, 0.25) is 0 Å². The maximum atomic E-state index is 5.13. The van der Waals surface area contributed by atoms with E-state index in [2.05, 4.69) is 0 Å². The minimum atomic E-state index is 0.566. The van der Waals surface area contributed by atoms with Gasteiger partial charge in [-0.05, 0) is 18.7 Å². The topological polar surface area (TPSA) is 52.0 Å². The predicted molar refractivity (Wildman–Crippen MR) is 38.3 cm³/mol. The second kappa shape index (κ2) is 9.71. The Kier molecular flexibility index (Phi) is 12.7. The summed E-state index contributed by atoms with van der Waals surface area (Å²) in [4.78, 5) is 0. The Morgan fingerprint density at radius 1 is 1.50 bits per heavy atom. The molecular weight excluding hydrogens is 100 g/mol. The molecule has 0 radical (unpaired) electrons. The number of nitrogens with two attached hydrogens (primary N) is 2. The first kappa shape index (κ1) is 10.5. The molecule has 0 amide bonds. The Bertz CT molecular complexity index is 57.5. The monoisotopic (exact) mass is 116 g/mol. The van der Waals surface area contributed by atoms with Gasteiger partial charge in [0, 0.05) is 6.54 Å². The first-order chi connectivity index (χ1) is 3.81. The van der Waals surface area contributed by atoms with Crippen LogP contribution in [0.5, 0.6) is 0 Å². The largest absolute Gasteiger partial charge is 0.405 e. The molecule has 0 spiro atoms. The molecule has 0 unspecified atom stereocenters. The Labute approximate surface area is 51.6 Å². The standard InChI is InChI=1S/C4H10N2.C2H6/c1-4(2-5)3-6;1-2/h2H,3,5-6H2,1H3;1-2H3/b4-2-;. The van der Waals surface area contributed by atoms with Crippen molar-refractivity contribution < 1.29 is 0 Å². The van der Waals surface area contributed by atoms with E-state index >= 15 is 0 Å². The van der Waals surface area contributed by atoms with Crippen molar-refractivity contribution >= 4 is 0 Å². The quantitative estimate of drug-likeness (QED) is 0.533. The molecule has 0 heterocycles. The molecule has 8 heavy (non-hydrogen) atoms. The molecule has 0 saturated heterocycles. The molecule has 0 aliphatic heterocycles. The number of rotatable bonds is 1. The normalized spacial score (nSPS) is 9.75. The van der Waals surface area contributed by atoms with Crippen molar-refractivity contribution in [2.24, 2.45) is 11.5 Å². The minimum Gasteiger partial charge on any atom is -0.405 e. The van der Waals surface area contributed by atoms with Crippen molar-refractivity contribution in [3.63, 3.8) is 0 Å². The van der Waals surface area contributed by atoms with Gasteiger partial charge in [-0.1, -0.05) is 13.8 Å². The van der Waals surface area contributed by atoms with Crippen molar-refractivity contribution in [3.8, 4) is 0 Å². The van der Waals surface area contributed by atoms with Crippen molar-refractivity contribution in [1.29, 1.82) is 0 Å². The summed E-state index contributed by atoms with van der Waals surface area (Å²) < 4.78 is 0. The summed E-state index contributed by atoms with van der Waals surface area (Å²) in [5.74, 6) is 0. The number of hydrogen-bond donors (Lipinski definition) is 2. The third-order valence-electron chi connectivity index (χ3n) is 0.606. The van der Waals surface area contributed by atoms with Gasteiger partial charge in [-0.15, -0.1) is 0 Å². The zero-order valence-corrected chi connectivity index (χ0v) is 5.94. The summed E-state index contributed by atoms with van der Waals surface area (Å²) in [6.07, 6.45) is 1.51. The summed E-state index contributed by atoms with van der Waals surface area (Å²) in [5, 5.41) is 0. The van der Waals surface area contributed by atoms with E-state index in [0.29, 0.717) is 6.54 Å². The van der Waals surface area contributed by atoms with E-state index in [-0.39, 0.29) is 0 Å². The summed E-state index contributed by atoms with van der Waals surface area (Å²) in [6, 6.07) is 0. The smallest absolute Gasteiger partial charge is 0.0151 e. The highest BCUT2D eigenvalue weighted by Crippen LogP contribution is 1.78. The lowest BCUT2D eigenvalue weighted by Gasteiger charge is -1.85. The van der Waals surface area contributed by atoms with E-state index in [1.165, 1.54) is 6.20 Å². The molecule has 0 atom stereocenters. The van der Waals surface area contributed by atoms with E-state index in [9.17, 15) is 0 Å². The molecule has 2 nitrogen and oxygen atoms in total. The van der Waals surface area contributed by atoms with E-state index in [4.69, 9.17) is 11.5 Å². The fraction of sp³-hybridized carbons (Fsp3) is 0.667. The van der Waals surface area contributed by atoms with Crippen LogP contribution in [-0.2, 0) is 0 Å². The molecule has 0 aromatic heterocycles. The molecule has 0 aromatic rings. The maximum absolute atomic E-state index is 5.13. The molecule has 2 heteroatoms. The van der Waals surface area contributed by atoms with Gasteiger partial charge >= 0.3 is 0 Å². The van der Waals surface area contributed by atoms with Gasteiger partial charge in [0.2, 0.25) is 0 Å². The average Bonchev–Trinajstić information content (AvgIpc) is 1.91. The van der Waals surface area contributed by atoms with Crippen LogP contribution < -0.4 is 11.5 Å². The predicted octanol–water partition coefficient (Wildman–Crippen LogP) is 0.834. The van der Waals surface area contributed by atoms with Crippen molar-refractivity contribution in [2.75, 3.05) is 6.54 Å². The Morgan fingerprint density at radius 2 is 1.88 bits per heavy atom. The third kappa shape index (κ3) is 9.09. The van der Waals surface area contributed by atoms with Gasteiger partial charge in [0.05, 0.1) is 0 Å². The molecule has 0 aromatic carbocycles. The molecular formula is C6H16N2. The van der Waals surface area contributed by atoms with Crippen molar-refractivity contribution in [1.82, 2.24) is 0 Å². The van der Waals surface area contributed by atoms with E-state index < -0.39 is 0 Å². The molecule has 0 saturated carbocycles. The van der Waals surface area contributed by atoms with Gasteiger partial charge in [-0.25, -0.2) is 0 Å². The SMILES string of the molecule is C/C(=C/N)CN.CC. The number of hydrogen-bond acceptors (Lipinski definition) is 2. The van der Waals surface area contributed by atoms with Crippen LogP contribution in [0.1, 0.15) is 20.8 Å². The zero-order chi connectivity index (χ0) is 6.99. The maximum Gasteiger partial charge on any atom is 0.0151 e. The van der Waals surface area contributed by atoms with Crippen molar-refractivity contribution in [3.05, 3.63) is 11.8 Å². The van der Waals surface area contributed by atoms with Crippen LogP contribution in [0.3, 0.4) is 0 Å². The Balaban J connectivity index is 0. The second-order valence-electron chi connectivity index (χ2n) is 1.22.